The first-order valence-electron chi connectivity index (χ1n) is 7.61. The molecule has 1 heterocycles. The van der Waals surface area contributed by atoms with Gasteiger partial charge in [0.1, 0.15) is 6.61 Å². The van der Waals surface area contributed by atoms with Crippen LogP contribution in [0.2, 0.25) is 0 Å². The molecule has 0 aromatic heterocycles. The van der Waals surface area contributed by atoms with Crippen molar-refractivity contribution in [3.8, 4) is 0 Å². The number of amides is 1. The highest BCUT2D eigenvalue weighted by atomic mass is 16.6. The van der Waals surface area contributed by atoms with Crippen molar-refractivity contribution in [2.75, 3.05) is 20.2 Å². The minimum absolute atomic E-state index is 0.184. The van der Waals surface area contributed by atoms with E-state index in [-0.39, 0.29) is 24.6 Å². The van der Waals surface area contributed by atoms with Crippen LogP contribution < -0.4 is 0 Å². The van der Waals surface area contributed by atoms with Gasteiger partial charge >= 0.3 is 12.1 Å². The number of rotatable bonds is 3. The maximum absolute atomic E-state index is 12.2. The molecule has 3 rings (SSSR count). The molecule has 0 spiro atoms. The number of hydrogen-bond acceptors (Lipinski definition) is 4. The van der Waals surface area contributed by atoms with Crippen molar-refractivity contribution in [2.24, 2.45) is 17.3 Å². The van der Waals surface area contributed by atoms with E-state index >= 15 is 0 Å². The number of ether oxygens (including phenoxy) is 2. The van der Waals surface area contributed by atoms with E-state index in [0.717, 1.165) is 12.0 Å². The molecule has 0 N–H and O–H groups in total. The van der Waals surface area contributed by atoms with Crippen LogP contribution in [-0.4, -0.2) is 37.2 Å². The number of carbonyl (C=O) groups excluding carboxylic acids is 2. The van der Waals surface area contributed by atoms with E-state index in [9.17, 15) is 9.59 Å². The molecule has 2 fully saturated rings. The van der Waals surface area contributed by atoms with Crippen LogP contribution in [0, 0.1) is 17.3 Å². The molecule has 118 valence electrons. The summed E-state index contributed by atoms with van der Waals surface area (Å²) < 4.78 is 10.3. The predicted octanol–water partition coefficient (Wildman–Crippen LogP) is 2.45. The van der Waals surface area contributed by atoms with E-state index in [1.807, 2.05) is 30.3 Å². The summed E-state index contributed by atoms with van der Waals surface area (Å²) in [4.78, 5) is 26.0. The number of methoxy groups -OCH3 is 1. The van der Waals surface area contributed by atoms with Crippen LogP contribution in [-0.2, 0) is 20.9 Å². The highest BCUT2D eigenvalue weighted by molar-refractivity contribution is 5.81. The molecule has 2 aliphatic rings. The summed E-state index contributed by atoms with van der Waals surface area (Å²) in [5, 5.41) is 0. The lowest BCUT2D eigenvalue weighted by atomic mass is 9.56. The lowest BCUT2D eigenvalue weighted by Crippen LogP contribution is -2.52. The zero-order valence-corrected chi connectivity index (χ0v) is 13.0. The van der Waals surface area contributed by atoms with E-state index in [1.54, 1.807) is 4.90 Å². The van der Waals surface area contributed by atoms with Crippen LogP contribution in [0.3, 0.4) is 0 Å². The normalized spacial score (nSPS) is 29.5. The fourth-order valence-electron chi connectivity index (χ4n) is 3.88. The van der Waals surface area contributed by atoms with E-state index in [2.05, 4.69) is 6.92 Å². The molecular formula is C17H21NO4. The van der Waals surface area contributed by atoms with Crippen molar-refractivity contribution in [1.29, 1.82) is 0 Å². The third kappa shape index (κ3) is 2.34. The van der Waals surface area contributed by atoms with E-state index in [4.69, 9.17) is 9.47 Å². The molecule has 5 heteroatoms. The number of hydrogen-bond donors (Lipinski definition) is 0. The number of carbonyl (C=O) groups is 2. The zero-order chi connectivity index (χ0) is 15.7. The van der Waals surface area contributed by atoms with Crippen LogP contribution >= 0.6 is 0 Å². The van der Waals surface area contributed by atoms with Gasteiger partial charge in [-0.3, -0.25) is 4.79 Å². The van der Waals surface area contributed by atoms with E-state index < -0.39 is 5.41 Å². The lowest BCUT2D eigenvalue weighted by molar-refractivity contribution is -0.165. The second kappa shape index (κ2) is 5.63. The van der Waals surface area contributed by atoms with Crippen molar-refractivity contribution in [3.05, 3.63) is 35.9 Å². The SMILES string of the molecule is COC(=O)[C@@]12CC(C)C1CN(C(=O)OCc1ccccc1)C2. The fourth-order valence-corrected chi connectivity index (χ4v) is 3.88. The summed E-state index contributed by atoms with van der Waals surface area (Å²) in [6.45, 7) is 3.35. The summed E-state index contributed by atoms with van der Waals surface area (Å²) in [5.74, 6) is 0.421. The molecule has 1 amide bonds. The molecular weight excluding hydrogens is 282 g/mol. The Balaban J connectivity index is 1.62. The second-order valence-electron chi connectivity index (χ2n) is 6.36. The van der Waals surface area contributed by atoms with Gasteiger partial charge in [-0.05, 0) is 23.8 Å². The Morgan fingerprint density at radius 1 is 1.32 bits per heavy atom. The van der Waals surface area contributed by atoms with Gasteiger partial charge in [-0.15, -0.1) is 0 Å². The molecule has 1 aromatic rings. The van der Waals surface area contributed by atoms with Gasteiger partial charge in [-0.25, -0.2) is 4.79 Å². The van der Waals surface area contributed by atoms with Crippen molar-refractivity contribution in [1.82, 2.24) is 4.90 Å². The van der Waals surface area contributed by atoms with E-state index in [1.165, 1.54) is 7.11 Å². The van der Waals surface area contributed by atoms with Gasteiger partial charge < -0.3 is 14.4 Å². The zero-order valence-electron chi connectivity index (χ0n) is 13.0. The Morgan fingerprint density at radius 2 is 2.05 bits per heavy atom. The predicted molar refractivity (Wildman–Crippen MR) is 79.9 cm³/mol. The van der Waals surface area contributed by atoms with Crippen molar-refractivity contribution < 1.29 is 19.1 Å². The molecule has 1 aromatic carbocycles. The largest absolute Gasteiger partial charge is 0.469 e. The monoisotopic (exact) mass is 303 g/mol. The molecule has 1 saturated carbocycles. The third-order valence-electron chi connectivity index (χ3n) is 5.03. The third-order valence-corrected chi connectivity index (χ3v) is 5.03. The Hall–Kier alpha value is -2.04. The molecule has 0 bridgehead atoms. The number of benzene rings is 1. The minimum atomic E-state index is -0.514. The Kier molecular flexibility index (Phi) is 3.81. The van der Waals surface area contributed by atoms with Crippen LogP contribution in [0.5, 0.6) is 0 Å². The quantitative estimate of drug-likeness (QED) is 0.805. The van der Waals surface area contributed by atoms with E-state index in [0.29, 0.717) is 19.0 Å². The second-order valence-corrected chi connectivity index (χ2v) is 6.36. The topological polar surface area (TPSA) is 55.8 Å². The van der Waals surface area contributed by atoms with Crippen LogP contribution in [0.25, 0.3) is 0 Å². The van der Waals surface area contributed by atoms with Gasteiger partial charge in [-0.2, -0.15) is 0 Å². The minimum Gasteiger partial charge on any atom is -0.469 e. The molecule has 0 radical (unpaired) electrons. The number of likely N-dealkylation sites (tertiary alicyclic amines) is 1. The Labute approximate surface area is 130 Å². The number of nitrogens with zero attached hydrogens (tertiary/aromatic N) is 1. The molecule has 2 unspecified atom stereocenters. The highest BCUT2D eigenvalue weighted by Gasteiger charge is 2.63. The number of esters is 1. The molecule has 1 saturated heterocycles. The highest BCUT2D eigenvalue weighted by Crippen LogP contribution is 2.56. The summed E-state index contributed by atoms with van der Waals surface area (Å²) in [7, 11) is 1.41. The first-order valence-corrected chi connectivity index (χ1v) is 7.61. The van der Waals surface area contributed by atoms with Crippen molar-refractivity contribution in [3.63, 3.8) is 0 Å². The van der Waals surface area contributed by atoms with Gasteiger partial charge in [0, 0.05) is 13.1 Å². The average molecular weight is 303 g/mol. The van der Waals surface area contributed by atoms with Crippen LogP contribution in [0.15, 0.2) is 30.3 Å². The maximum Gasteiger partial charge on any atom is 0.410 e. The molecule has 3 atom stereocenters. The fraction of sp³-hybridized carbons (Fsp3) is 0.529. The number of fused-ring (bicyclic) bond motifs is 1. The Morgan fingerprint density at radius 3 is 2.68 bits per heavy atom. The van der Waals surface area contributed by atoms with Gasteiger partial charge in [-0.1, -0.05) is 37.3 Å². The smallest absolute Gasteiger partial charge is 0.410 e. The molecule has 1 aliphatic carbocycles. The molecule has 22 heavy (non-hydrogen) atoms. The van der Waals surface area contributed by atoms with Gasteiger partial charge in [0.2, 0.25) is 0 Å². The first kappa shape index (κ1) is 14.9. The van der Waals surface area contributed by atoms with Gasteiger partial charge in [0.05, 0.1) is 12.5 Å². The van der Waals surface area contributed by atoms with Gasteiger partial charge in [0.25, 0.3) is 0 Å². The van der Waals surface area contributed by atoms with Gasteiger partial charge in [0.15, 0.2) is 0 Å². The van der Waals surface area contributed by atoms with Crippen LogP contribution in [0.4, 0.5) is 4.79 Å². The first-order chi connectivity index (χ1) is 10.6. The summed E-state index contributed by atoms with van der Waals surface area (Å²) in [6.07, 6.45) is 0.432. The lowest BCUT2D eigenvalue weighted by Gasteiger charge is -2.46. The van der Waals surface area contributed by atoms with Crippen molar-refractivity contribution in [2.45, 2.75) is 20.0 Å². The average Bonchev–Trinajstić information content (AvgIpc) is 2.86. The van der Waals surface area contributed by atoms with Crippen LogP contribution in [0.1, 0.15) is 18.9 Å². The summed E-state index contributed by atoms with van der Waals surface area (Å²) in [6, 6.07) is 9.57. The molecule has 1 aliphatic heterocycles. The van der Waals surface area contributed by atoms with Crippen molar-refractivity contribution >= 4 is 12.1 Å². The standard InChI is InChI=1S/C17H21NO4/c1-12-8-17(15(19)21-2)11-18(9-14(12)17)16(20)22-10-13-6-4-3-5-7-13/h3-7,12,14H,8-11H2,1-2H3/t12?,14?,17-/m1/s1. The summed E-state index contributed by atoms with van der Waals surface area (Å²) in [5.41, 5.74) is 0.439. The summed E-state index contributed by atoms with van der Waals surface area (Å²) >= 11 is 0. The Bertz CT molecular complexity index is 573. The maximum atomic E-state index is 12.2. The molecule has 5 nitrogen and oxygen atoms in total.